The Balaban J connectivity index is 1.30. The average Bonchev–Trinajstić information content (AvgIpc) is 3.08. The van der Waals surface area contributed by atoms with Gasteiger partial charge in [-0.05, 0) is 88.0 Å². The van der Waals surface area contributed by atoms with Gasteiger partial charge in [0.1, 0.15) is 6.10 Å². The van der Waals surface area contributed by atoms with Crippen LogP contribution in [0.2, 0.25) is 0 Å². The van der Waals surface area contributed by atoms with E-state index < -0.39 is 0 Å². The SMILES string of the molecule is C=C1CCC[C@]2(C)C[C@H]3OC(=O)C(CNC(Cc4ccccc4)C4CCOC(C)(C)C4)[C@H]3CC12. The number of carbonyl (C=O) groups is 1. The first-order valence-corrected chi connectivity index (χ1v) is 13.5. The monoisotopic (exact) mass is 465 g/mol. The van der Waals surface area contributed by atoms with Crippen LogP contribution in [0.1, 0.15) is 71.3 Å². The minimum absolute atomic E-state index is 0.0149. The zero-order valence-corrected chi connectivity index (χ0v) is 21.4. The van der Waals surface area contributed by atoms with E-state index in [9.17, 15) is 4.79 Å². The lowest BCUT2D eigenvalue weighted by Crippen LogP contribution is -2.49. The van der Waals surface area contributed by atoms with Gasteiger partial charge in [-0.15, -0.1) is 0 Å². The van der Waals surface area contributed by atoms with Crippen molar-refractivity contribution >= 4 is 5.97 Å². The van der Waals surface area contributed by atoms with Gasteiger partial charge in [-0.3, -0.25) is 4.79 Å². The Hall–Kier alpha value is -1.65. The number of esters is 1. The van der Waals surface area contributed by atoms with Crippen molar-refractivity contribution in [1.82, 2.24) is 5.32 Å². The van der Waals surface area contributed by atoms with E-state index in [0.29, 0.717) is 30.3 Å². The van der Waals surface area contributed by atoms with Crippen LogP contribution in [0.4, 0.5) is 0 Å². The predicted molar refractivity (Wildman–Crippen MR) is 135 cm³/mol. The van der Waals surface area contributed by atoms with Crippen molar-refractivity contribution in [3.05, 3.63) is 48.0 Å². The maximum Gasteiger partial charge on any atom is 0.310 e. The molecule has 5 rings (SSSR count). The third-order valence-corrected chi connectivity index (χ3v) is 9.52. The van der Waals surface area contributed by atoms with Crippen molar-refractivity contribution in [3.8, 4) is 0 Å². The molecule has 1 aromatic rings. The molecule has 4 fully saturated rings. The summed E-state index contributed by atoms with van der Waals surface area (Å²) >= 11 is 0. The molecule has 0 bridgehead atoms. The number of nitrogens with one attached hydrogen (secondary N) is 1. The van der Waals surface area contributed by atoms with E-state index >= 15 is 0 Å². The van der Waals surface area contributed by atoms with E-state index in [-0.39, 0.29) is 29.0 Å². The third kappa shape index (κ3) is 4.86. The molecule has 186 valence electrons. The lowest BCUT2D eigenvalue weighted by Gasteiger charge is -2.50. The zero-order valence-electron chi connectivity index (χ0n) is 21.4. The average molecular weight is 466 g/mol. The molecule has 2 aliphatic heterocycles. The molecule has 2 saturated heterocycles. The number of hydrogen-bond acceptors (Lipinski definition) is 4. The van der Waals surface area contributed by atoms with Gasteiger partial charge >= 0.3 is 5.97 Å². The normalized spacial score (nSPS) is 38.0. The Labute approximate surface area is 205 Å². The van der Waals surface area contributed by atoms with Crippen LogP contribution < -0.4 is 5.32 Å². The fraction of sp³-hybridized carbons (Fsp3) is 0.700. The van der Waals surface area contributed by atoms with E-state index in [1.54, 1.807) is 0 Å². The van der Waals surface area contributed by atoms with Crippen molar-refractivity contribution in [2.75, 3.05) is 13.2 Å². The highest BCUT2D eigenvalue weighted by molar-refractivity contribution is 5.75. The van der Waals surface area contributed by atoms with Gasteiger partial charge in [0.05, 0.1) is 11.5 Å². The minimum Gasteiger partial charge on any atom is -0.462 e. The van der Waals surface area contributed by atoms with Crippen molar-refractivity contribution in [1.29, 1.82) is 0 Å². The van der Waals surface area contributed by atoms with Crippen molar-refractivity contribution in [2.45, 2.75) is 89.9 Å². The Kier molecular flexibility index (Phi) is 6.67. The second-order valence-corrected chi connectivity index (χ2v) is 12.5. The molecule has 34 heavy (non-hydrogen) atoms. The molecule has 1 aromatic carbocycles. The second kappa shape index (κ2) is 9.43. The summed E-state index contributed by atoms with van der Waals surface area (Å²) in [7, 11) is 0. The van der Waals surface area contributed by atoms with Crippen LogP contribution in [0.5, 0.6) is 0 Å². The number of ether oxygens (including phenoxy) is 2. The fourth-order valence-electron chi connectivity index (χ4n) is 7.66. The summed E-state index contributed by atoms with van der Waals surface area (Å²) < 4.78 is 12.0. The molecule has 2 saturated carbocycles. The highest BCUT2D eigenvalue weighted by Gasteiger charge is 2.55. The molecule has 2 heterocycles. The van der Waals surface area contributed by atoms with E-state index in [1.165, 1.54) is 24.0 Å². The Morgan fingerprint density at radius 1 is 1.18 bits per heavy atom. The van der Waals surface area contributed by atoms with Gasteiger partial charge in [0, 0.05) is 25.1 Å². The number of rotatable bonds is 6. The second-order valence-electron chi connectivity index (χ2n) is 12.5. The molecule has 1 N–H and O–H groups in total. The summed E-state index contributed by atoms with van der Waals surface area (Å²) in [6.45, 7) is 12.8. The number of allylic oxidation sites excluding steroid dienone is 1. The van der Waals surface area contributed by atoms with Crippen molar-refractivity contribution in [2.24, 2.45) is 29.1 Å². The predicted octanol–water partition coefficient (Wildman–Crippen LogP) is 5.71. The van der Waals surface area contributed by atoms with Crippen molar-refractivity contribution < 1.29 is 14.3 Å². The van der Waals surface area contributed by atoms with E-state index in [4.69, 9.17) is 9.47 Å². The minimum atomic E-state index is -0.0912. The first kappa shape index (κ1) is 24.1. The summed E-state index contributed by atoms with van der Waals surface area (Å²) in [4.78, 5) is 13.1. The van der Waals surface area contributed by atoms with Crippen LogP contribution in [0.25, 0.3) is 0 Å². The Morgan fingerprint density at radius 3 is 2.74 bits per heavy atom. The van der Waals surface area contributed by atoms with Gasteiger partial charge in [0.25, 0.3) is 0 Å². The molecule has 4 aliphatic rings. The topological polar surface area (TPSA) is 47.6 Å². The lowest BCUT2D eigenvalue weighted by atomic mass is 9.55. The third-order valence-electron chi connectivity index (χ3n) is 9.52. The Morgan fingerprint density at radius 2 is 1.97 bits per heavy atom. The molecule has 4 unspecified atom stereocenters. The van der Waals surface area contributed by atoms with Gasteiger partial charge < -0.3 is 14.8 Å². The number of fused-ring (bicyclic) bond motifs is 2. The summed E-state index contributed by atoms with van der Waals surface area (Å²) in [5.74, 6) is 1.36. The highest BCUT2D eigenvalue weighted by atomic mass is 16.6. The van der Waals surface area contributed by atoms with Gasteiger partial charge in [-0.1, -0.05) is 49.4 Å². The maximum atomic E-state index is 13.1. The van der Waals surface area contributed by atoms with E-state index in [2.05, 4.69) is 63.0 Å². The highest BCUT2D eigenvalue weighted by Crippen LogP contribution is 2.56. The standard InChI is InChI=1S/C30H43NO3/c1-20-9-8-13-30(4)18-27-23(16-25(20)30)24(28(32)34-27)19-31-26(15-21-10-6-5-7-11-21)22-12-14-33-29(2,3)17-22/h5-7,10-11,22-27,31H,1,8-9,12-19H2,2-4H3/t22?,23-,24?,25?,26?,27-,30-/m1/s1. The molecule has 0 aromatic heterocycles. The van der Waals surface area contributed by atoms with Gasteiger partial charge in [-0.2, -0.15) is 0 Å². The van der Waals surface area contributed by atoms with Gasteiger partial charge in [-0.25, -0.2) is 0 Å². The van der Waals surface area contributed by atoms with Crippen LogP contribution in [0, 0.1) is 29.1 Å². The largest absolute Gasteiger partial charge is 0.462 e. The van der Waals surface area contributed by atoms with Crippen LogP contribution >= 0.6 is 0 Å². The first-order valence-electron chi connectivity index (χ1n) is 13.5. The summed E-state index contributed by atoms with van der Waals surface area (Å²) in [6.07, 6.45) is 8.85. The Bertz CT molecular complexity index is 896. The molecular weight excluding hydrogens is 422 g/mol. The summed E-state index contributed by atoms with van der Waals surface area (Å²) in [6, 6.07) is 11.1. The lowest BCUT2D eigenvalue weighted by molar-refractivity contribution is -0.146. The van der Waals surface area contributed by atoms with E-state index in [1.807, 2.05) is 0 Å². The number of hydrogen-bond donors (Lipinski definition) is 1. The molecule has 0 radical (unpaired) electrons. The molecule has 0 amide bonds. The van der Waals surface area contributed by atoms with Gasteiger partial charge in [0.2, 0.25) is 0 Å². The smallest absolute Gasteiger partial charge is 0.310 e. The van der Waals surface area contributed by atoms with E-state index in [0.717, 1.165) is 45.1 Å². The molecular formula is C30H43NO3. The first-order chi connectivity index (χ1) is 16.2. The number of carbonyl (C=O) groups excluding carboxylic acids is 1. The zero-order chi connectivity index (χ0) is 23.9. The van der Waals surface area contributed by atoms with Crippen LogP contribution in [-0.4, -0.2) is 36.9 Å². The summed E-state index contributed by atoms with van der Waals surface area (Å²) in [5.41, 5.74) is 2.92. The molecule has 7 atom stereocenters. The molecule has 4 heteroatoms. The molecule has 4 nitrogen and oxygen atoms in total. The van der Waals surface area contributed by atoms with Crippen LogP contribution in [0.15, 0.2) is 42.5 Å². The molecule has 2 aliphatic carbocycles. The van der Waals surface area contributed by atoms with Crippen LogP contribution in [-0.2, 0) is 20.7 Å². The molecule has 0 spiro atoms. The van der Waals surface area contributed by atoms with Gasteiger partial charge in [0.15, 0.2) is 0 Å². The maximum absolute atomic E-state index is 13.1. The number of benzene rings is 1. The summed E-state index contributed by atoms with van der Waals surface area (Å²) in [5, 5.41) is 3.90. The fourth-order valence-corrected chi connectivity index (χ4v) is 7.66. The van der Waals surface area contributed by atoms with Crippen LogP contribution in [0.3, 0.4) is 0 Å². The van der Waals surface area contributed by atoms with Crippen molar-refractivity contribution in [3.63, 3.8) is 0 Å². The quantitative estimate of drug-likeness (QED) is 0.432.